The summed E-state index contributed by atoms with van der Waals surface area (Å²) >= 11 is 0. The summed E-state index contributed by atoms with van der Waals surface area (Å²) in [7, 11) is 0. The van der Waals surface area contributed by atoms with Gasteiger partial charge in [-0.05, 0) is 85.6 Å². The molecule has 1 fully saturated rings. The molecule has 0 radical (unpaired) electrons. The van der Waals surface area contributed by atoms with Crippen molar-refractivity contribution >= 4 is 23.4 Å². The first-order chi connectivity index (χ1) is 17.4. The van der Waals surface area contributed by atoms with Crippen LogP contribution in [0.25, 0.3) is 6.08 Å². The van der Waals surface area contributed by atoms with Gasteiger partial charge < -0.3 is 20.9 Å². The fourth-order valence-electron chi connectivity index (χ4n) is 4.46. The number of nitrogens with two attached hydrogens (primary N) is 2. The van der Waals surface area contributed by atoms with Gasteiger partial charge in [-0.3, -0.25) is 0 Å². The molecule has 2 aromatic carbocycles. The monoisotopic (exact) mass is 526 g/mol. The zero-order valence-electron chi connectivity index (χ0n) is 20.3. The Morgan fingerprint density at radius 2 is 1.57 bits per heavy atom. The lowest BCUT2D eigenvalue weighted by Gasteiger charge is -2.33. The predicted octanol–water partition coefficient (Wildman–Crippen LogP) is 7.12. The fraction of sp³-hybridized carbons (Fsp3) is 0.444. The molecule has 2 aromatic rings. The third-order valence-corrected chi connectivity index (χ3v) is 6.36. The second-order valence-electron chi connectivity index (χ2n) is 9.41. The molecule has 5 nitrogen and oxygen atoms in total. The van der Waals surface area contributed by atoms with E-state index in [1.807, 2.05) is 0 Å². The lowest BCUT2D eigenvalue weighted by molar-refractivity contribution is -0.223. The number of ether oxygens (including phenoxy) is 2. The normalized spacial score (nSPS) is 18.6. The van der Waals surface area contributed by atoms with Gasteiger partial charge in [0.2, 0.25) is 0 Å². The zero-order valence-corrected chi connectivity index (χ0v) is 20.3. The molecule has 0 heterocycles. The Labute approximate surface area is 212 Å². The number of esters is 1. The van der Waals surface area contributed by atoms with Crippen molar-refractivity contribution < 1.29 is 36.2 Å². The van der Waals surface area contributed by atoms with Crippen molar-refractivity contribution in [2.24, 2.45) is 11.8 Å². The second kappa shape index (κ2) is 12.3. The van der Waals surface area contributed by atoms with Gasteiger partial charge in [-0.25, -0.2) is 4.79 Å². The summed E-state index contributed by atoms with van der Waals surface area (Å²) in [5.74, 6) is -1.56. The molecular weight excluding hydrogens is 495 g/mol. The van der Waals surface area contributed by atoms with Crippen molar-refractivity contribution in [1.29, 1.82) is 0 Å². The number of anilines is 2. The molecule has 4 N–H and O–H groups in total. The van der Waals surface area contributed by atoms with E-state index < -0.39 is 30.6 Å². The van der Waals surface area contributed by atoms with Crippen LogP contribution in [0.15, 0.2) is 48.5 Å². The SMILES string of the molecule is Nc1cc(N)cc(COC(=O)/C=C/c2ccc(OC(F)(F)C3CCC(CCCC(F)(F)F)CC3)cc2)c1. The molecule has 1 aliphatic carbocycles. The molecule has 0 amide bonds. The average Bonchev–Trinajstić information content (AvgIpc) is 2.81. The summed E-state index contributed by atoms with van der Waals surface area (Å²) in [6.45, 7) is -0.00422. The quantitative estimate of drug-likeness (QED) is 0.149. The van der Waals surface area contributed by atoms with Crippen LogP contribution in [0.5, 0.6) is 5.75 Å². The first-order valence-corrected chi connectivity index (χ1v) is 12.1. The number of carbonyl (C=O) groups excluding carboxylic acids is 1. The molecule has 0 aliphatic heterocycles. The molecule has 0 atom stereocenters. The molecule has 0 bridgehead atoms. The molecule has 0 saturated heterocycles. The molecule has 3 rings (SSSR count). The van der Waals surface area contributed by atoms with E-state index in [-0.39, 0.29) is 37.5 Å². The summed E-state index contributed by atoms with van der Waals surface area (Å²) in [6, 6.07) is 10.7. The minimum atomic E-state index is -4.18. The van der Waals surface area contributed by atoms with Crippen LogP contribution in [0.1, 0.15) is 56.1 Å². The Morgan fingerprint density at radius 3 is 2.16 bits per heavy atom. The largest absolute Gasteiger partial charge is 0.458 e. The summed E-state index contributed by atoms with van der Waals surface area (Å²) < 4.78 is 76.4. The number of alkyl halides is 5. The molecule has 10 heteroatoms. The third kappa shape index (κ3) is 9.59. The standard InChI is InChI=1S/C27H31F5N2O3/c28-26(29,30)13-1-2-18-3-8-21(9-4-18)27(31,32)37-24-10-5-19(6-11-24)7-12-25(35)36-17-20-14-22(33)16-23(34)15-20/h5-7,10-12,14-16,18,21H,1-4,8-9,13,17,33-34H2/b12-7+. The number of hydrogen-bond acceptors (Lipinski definition) is 5. The first kappa shape index (κ1) is 28.3. The van der Waals surface area contributed by atoms with Crippen LogP contribution in [0.2, 0.25) is 0 Å². The molecule has 0 spiro atoms. The van der Waals surface area contributed by atoms with Gasteiger partial charge in [-0.1, -0.05) is 18.6 Å². The lowest BCUT2D eigenvalue weighted by atomic mass is 9.79. The minimum absolute atomic E-state index is 0.00422. The highest BCUT2D eigenvalue weighted by Gasteiger charge is 2.44. The highest BCUT2D eigenvalue weighted by molar-refractivity contribution is 5.87. The number of rotatable bonds is 10. The van der Waals surface area contributed by atoms with Crippen molar-refractivity contribution in [3.63, 3.8) is 0 Å². The predicted molar refractivity (Wildman–Crippen MR) is 131 cm³/mol. The Kier molecular flexibility index (Phi) is 9.39. The zero-order chi connectivity index (χ0) is 27.1. The van der Waals surface area contributed by atoms with Crippen molar-refractivity contribution in [3.8, 4) is 5.75 Å². The number of halogens is 5. The van der Waals surface area contributed by atoms with Gasteiger partial charge in [0, 0.05) is 23.9 Å². The number of hydrogen-bond donors (Lipinski definition) is 2. The minimum Gasteiger partial charge on any atom is -0.458 e. The van der Waals surface area contributed by atoms with Gasteiger partial charge in [-0.2, -0.15) is 22.0 Å². The van der Waals surface area contributed by atoms with E-state index in [1.54, 1.807) is 18.2 Å². The van der Waals surface area contributed by atoms with E-state index >= 15 is 0 Å². The Bertz CT molecular complexity index is 1040. The van der Waals surface area contributed by atoms with Crippen LogP contribution >= 0.6 is 0 Å². The molecule has 37 heavy (non-hydrogen) atoms. The van der Waals surface area contributed by atoms with Gasteiger partial charge in [0.1, 0.15) is 12.4 Å². The van der Waals surface area contributed by atoms with E-state index in [4.69, 9.17) is 20.9 Å². The highest BCUT2D eigenvalue weighted by Crippen LogP contribution is 2.41. The van der Waals surface area contributed by atoms with E-state index in [0.717, 1.165) is 0 Å². The van der Waals surface area contributed by atoms with E-state index in [0.29, 0.717) is 41.8 Å². The number of benzene rings is 2. The van der Waals surface area contributed by atoms with Crippen LogP contribution in [0.4, 0.5) is 33.3 Å². The third-order valence-electron chi connectivity index (χ3n) is 6.36. The summed E-state index contributed by atoms with van der Waals surface area (Å²) in [6.07, 6.45) is -3.94. The Morgan fingerprint density at radius 1 is 0.946 bits per heavy atom. The molecule has 1 saturated carbocycles. The average molecular weight is 527 g/mol. The highest BCUT2D eigenvalue weighted by atomic mass is 19.4. The molecule has 0 unspecified atom stereocenters. The Balaban J connectivity index is 1.44. The smallest absolute Gasteiger partial charge is 0.400 e. The maximum Gasteiger partial charge on any atom is 0.400 e. The number of nitrogen functional groups attached to an aromatic ring is 2. The van der Waals surface area contributed by atoms with Gasteiger partial charge in [0.05, 0.1) is 5.92 Å². The van der Waals surface area contributed by atoms with E-state index in [9.17, 15) is 26.7 Å². The van der Waals surface area contributed by atoms with Crippen LogP contribution in [-0.2, 0) is 16.1 Å². The maximum absolute atomic E-state index is 14.7. The van der Waals surface area contributed by atoms with Crippen LogP contribution in [0, 0.1) is 11.8 Å². The van der Waals surface area contributed by atoms with E-state index in [1.165, 1.54) is 36.4 Å². The van der Waals surface area contributed by atoms with Gasteiger partial charge >= 0.3 is 18.3 Å². The summed E-state index contributed by atoms with van der Waals surface area (Å²) in [4.78, 5) is 12.0. The van der Waals surface area contributed by atoms with E-state index in [2.05, 4.69) is 0 Å². The van der Waals surface area contributed by atoms with Gasteiger partial charge in [0.15, 0.2) is 0 Å². The second-order valence-corrected chi connectivity index (χ2v) is 9.41. The molecule has 202 valence electrons. The van der Waals surface area contributed by atoms with Crippen molar-refractivity contribution in [1.82, 2.24) is 0 Å². The van der Waals surface area contributed by atoms with Crippen LogP contribution in [0.3, 0.4) is 0 Å². The lowest BCUT2D eigenvalue weighted by Crippen LogP contribution is -2.37. The van der Waals surface area contributed by atoms with Gasteiger partial charge in [0.25, 0.3) is 0 Å². The molecular formula is C27H31F5N2O3. The topological polar surface area (TPSA) is 87.6 Å². The van der Waals surface area contributed by atoms with Crippen molar-refractivity contribution in [2.45, 2.75) is 63.8 Å². The van der Waals surface area contributed by atoms with Gasteiger partial charge in [-0.15, -0.1) is 0 Å². The van der Waals surface area contributed by atoms with Crippen LogP contribution in [-0.4, -0.2) is 18.3 Å². The van der Waals surface area contributed by atoms with Crippen molar-refractivity contribution in [2.75, 3.05) is 11.5 Å². The molecule has 0 aromatic heterocycles. The summed E-state index contributed by atoms with van der Waals surface area (Å²) in [5.41, 5.74) is 13.6. The maximum atomic E-state index is 14.7. The first-order valence-electron chi connectivity index (χ1n) is 12.1. The fourth-order valence-corrected chi connectivity index (χ4v) is 4.46. The molecule has 1 aliphatic rings. The summed E-state index contributed by atoms with van der Waals surface area (Å²) in [5, 5.41) is 0. The Hall–Kier alpha value is -3.30. The van der Waals surface area contributed by atoms with Crippen LogP contribution < -0.4 is 16.2 Å². The van der Waals surface area contributed by atoms with Crippen molar-refractivity contribution in [3.05, 3.63) is 59.7 Å². The number of carbonyl (C=O) groups is 1.